The number of fused-ring (bicyclic) bond motifs is 1. The molecule has 3 aromatic rings. The first-order valence-corrected chi connectivity index (χ1v) is 8.86. The van der Waals surface area contributed by atoms with Gasteiger partial charge in [-0.15, -0.1) is 0 Å². The van der Waals surface area contributed by atoms with Gasteiger partial charge in [0.2, 0.25) is 11.0 Å². The standard InChI is InChI=1S/C17H16N2O5S/c1-23-11-16(20)18-13-6-8-14(9-7-13)19-25(21,22)17-10-12-4-2-3-5-15(12)24-17/h2-10,19H,11H2,1H3,(H,18,20). The summed E-state index contributed by atoms with van der Waals surface area (Å²) in [6.07, 6.45) is 0. The van der Waals surface area contributed by atoms with Crippen molar-refractivity contribution in [2.24, 2.45) is 0 Å². The zero-order valence-electron chi connectivity index (χ0n) is 13.4. The molecular formula is C17H16N2O5S. The summed E-state index contributed by atoms with van der Waals surface area (Å²) in [6.45, 7) is -0.0551. The number of nitrogens with one attached hydrogen (secondary N) is 2. The Kier molecular flexibility index (Phi) is 4.73. The molecule has 25 heavy (non-hydrogen) atoms. The fourth-order valence-electron chi connectivity index (χ4n) is 2.25. The molecule has 0 atom stereocenters. The van der Waals surface area contributed by atoms with Crippen molar-refractivity contribution in [2.45, 2.75) is 5.09 Å². The number of rotatable bonds is 6. The van der Waals surface area contributed by atoms with Gasteiger partial charge in [0.1, 0.15) is 12.2 Å². The number of methoxy groups -OCH3 is 1. The molecule has 0 saturated heterocycles. The first-order valence-electron chi connectivity index (χ1n) is 7.38. The lowest BCUT2D eigenvalue weighted by Crippen LogP contribution is -2.17. The maximum absolute atomic E-state index is 12.4. The van der Waals surface area contributed by atoms with Crippen LogP contribution in [0.3, 0.4) is 0 Å². The van der Waals surface area contributed by atoms with Gasteiger partial charge in [-0.25, -0.2) is 0 Å². The third kappa shape index (κ3) is 3.98. The van der Waals surface area contributed by atoms with Crippen LogP contribution >= 0.6 is 0 Å². The van der Waals surface area contributed by atoms with Crippen molar-refractivity contribution >= 4 is 38.3 Å². The molecule has 0 aliphatic heterocycles. The highest BCUT2D eigenvalue weighted by molar-refractivity contribution is 7.92. The molecule has 2 aromatic carbocycles. The van der Waals surface area contributed by atoms with E-state index in [9.17, 15) is 13.2 Å². The molecule has 0 fully saturated rings. The number of sulfonamides is 1. The predicted molar refractivity (Wildman–Crippen MR) is 94.0 cm³/mol. The second kappa shape index (κ2) is 6.96. The third-order valence-electron chi connectivity index (χ3n) is 3.36. The van der Waals surface area contributed by atoms with Crippen molar-refractivity contribution < 1.29 is 22.4 Å². The Morgan fingerprint density at radius 1 is 1.08 bits per heavy atom. The van der Waals surface area contributed by atoms with Crippen LogP contribution < -0.4 is 10.0 Å². The molecule has 0 unspecified atom stereocenters. The van der Waals surface area contributed by atoms with E-state index in [0.29, 0.717) is 22.3 Å². The monoisotopic (exact) mass is 360 g/mol. The molecule has 0 spiro atoms. The summed E-state index contributed by atoms with van der Waals surface area (Å²) in [4.78, 5) is 11.4. The number of hydrogen-bond donors (Lipinski definition) is 2. The van der Waals surface area contributed by atoms with E-state index in [2.05, 4.69) is 10.0 Å². The van der Waals surface area contributed by atoms with Gasteiger partial charge in [0, 0.05) is 29.9 Å². The smallest absolute Gasteiger partial charge is 0.295 e. The van der Waals surface area contributed by atoms with E-state index in [4.69, 9.17) is 9.15 Å². The van der Waals surface area contributed by atoms with Gasteiger partial charge in [0.25, 0.3) is 10.0 Å². The van der Waals surface area contributed by atoms with Crippen molar-refractivity contribution in [3.05, 3.63) is 54.6 Å². The number of amides is 1. The zero-order chi connectivity index (χ0) is 17.9. The molecule has 0 aliphatic carbocycles. The highest BCUT2D eigenvalue weighted by atomic mass is 32.2. The van der Waals surface area contributed by atoms with Crippen LogP contribution in [0, 0.1) is 0 Å². The topological polar surface area (TPSA) is 97.6 Å². The molecule has 130 valence electrons. The minimum Gasteiger partial charge on any atom is -0.443 e. The van der Waals surface area contributed by atoms with Gasteiger partial charge in [-0.05, 0) is 30.3 Å². The van der Waals surface area contributed by atoms with Crippen LogP contribution in [0.1, 0.15) is 0 Å². The summed E-state index contributed by atoms with van der Waals surface area (Å²) < 4.78 is 37.4. The number of benzene rings is 2. The van der Waals surface area contributed by atoms with Gasteiger partial charge in [0.15, 0.2) is 0 Å². The molecule has 0 aliphatic rings. The van der Waals surface area contributed by atoms with Gasteiger partial charge >= 0.3 is 0 Å². The first-order chi connectivity index (χ1) is 12.0. The molecule has 0 saturated carbocycles. The van der Waals surface area contributed by atoms with Crippen molar-refractivity contribution in [1.82, 2.24) is 0 Å². The Morgan fingerprint density at radius 3 is 2.44 bits per heavy atom. The number of hydrogen-bond acceptors (Lipinski definition) is 5. The highest BCUT2D eigenvalue weighted by Crippen LogP contribution is 2.24. The minimum atomic E-state index is -3.84. The lowest BCUT2D eigenvalue weighted by Gasteiger charge is -2.08. The minimum absolute atomic E-state index is 0.0551. The zero-order valence-corrected chi connectivity index (χ0v) is 14.2. The van der Waals surface area contributed by atoms with Crippen LogP contribution in [0.5, 0.6) is 0 Å². The number of para-hydroxylation sites is 1. The first kappa shape index (κ1) is 17.0. The molecule has 7 nitrogen and oxygen atoms in total. The van der Waals surface area contributed by atoms with E-state index in [0.717, 1.165) is 0 Å². The van der Waals surface area contributed by atoms with Gasteiger partial charge in [-0.3, -0.25) is 9.52 Å². The SMILES string of the molecule is COCC(=O)Nc1ccc(NS(=O)(=O)c2cc3ccccc3o2)cc1. The highest BCUT2D eigenvalue weighted by Gasteiger charge is 2.19. The fraction of sp³-hybridized carbons (Fsp3) is 0.118. The molecule has 8 heteroatoms. The van der Waals surface area contributed by atoms with Crippen LogP contribution in [0.25, 0.3) is 11.0 Å². The van der Waals surface area contributed by atoms with Gasteiger partial charge < -0.3 is 14.5 Å². The van der Waals surface area contributed by atoms with Crippen molar-refractivity contribution in [3.8, 4) is 0 Å². The second-order valence-corrected chi connectivity index (χ2v) is 6.88. The van der Waals surface area contributed by atoms with Crippen molar-refractivity contribution in [3.63, 3.8) is 0 Å². The maximum atomic E-state index is 12.4. The maximum Gasteiger partial charge on any atom is 0.295 e. The lowest BCUT2D eigenvalue weighted by atomic mass is 10.3. The number of ether oxygens (including phenoxy) is 1. The Labute approximate surface area is 144 Å². The molecule has 1 aromatic heterocycles. The Balaban J connectivity index is 1.75. The van der Waals surface area contributed by atoms with Gasteiger partial charge in [0.05, 0.1) is 0 Å². The number of carbonyl (C=O) groups is 1. The summed E-state index contributed by atoms with van der Waals surface area (Å²) in [7, 11) is -2.42. The quantitative estimate of drug-likeness (QED) is 0.704. The van der Waals surface area contributed by atoms with Crippen LogP contribution in [-0.2, 0) is 19.6 Å². The summed E-state index contributed by atoms with van der Waals surface area (Å²) in [5.41, 5.74) is 1.39. The van der Waals surface area contributed by atoms with Gasteiger partial charge in [-0.2, -0.15) is 8.42 Å². The molecule has 1 amide bonds. The van der Waals surface area contributed by atoms with E-state index < -0.39 is 10.0 Å². The Morgan fingerprint density at radius 2 is 1.76 bits per heavy atom. The molecule has 2 N–H and O–H groups in total. The molecule has 0 bridgehead atoms. The lowest BCUT2D eigenvalue weighted by molar-refractivity contribution is -0.119. The van der Waals surface area contributed by atoms with Crippen LogP contribution in [0.2, 0.25) is 0 Å². The molecule has 0 radical (unpaired) electrons. The Hall–Kier alpha value is -2.84. The second-order valence-electron chi connectivity index (χ2n) is 5.27. The average Bonchev–Trinajstić information content (AvgIpc) is 3.02. The van der Waals surface area contributed by atoms with E-state index >= 15 is 0 Å². The van der Waals surface area contributed by atoms with E-state index in [-0.39, 0.29) is 17.6 Å². The average molecular weight is 360 g/mol. The number of furan rings is 1. The largest absolute Gasteiger partial charge is 0.443 e. The number of carbonyl (C=O) groups excluding carboxylic acids is 1. The fourth-order valence-corrected chi connectivity index (χ4v) is 3.27. The molecule has 1 heterocycles. The number of anilines is 2. The van der Waals surface area contributed by atoms with Crippen LogP contribution in [0.15, 0.2) is 64.1 Å². The normalized spacial score (nSPS) is 11.4. The van der Waals surface area contributed by atoms with Crippen LogP contribution in [-0.4, -0.2) is 28.0 Å². The summed E-state index contributed by atoms with van der Waals surface area (Å²) in [6, 6.07) is 14.8. The Bertz CT molecular complexity index is 960. The summed E-state index contributed by atoms with van der Waals surface area (Å²) in [5, 5.41) is 3.17. The van der Waals surface area contributed by atoms with E-state index in [1.165, 1.54) is 13.2 Å². The molecular weight excluding hydrogens is 344 g/mol. The molecule has 3 rings (SSSR count). The van der Waals surface area contributed by atoms with E-state index in [1.54, 1.807) is 48.5 Å². The van der Waals surface area contributed by atoms with Crippen LogP contribution in [0.4, 0.5) is 11.4 Å². The summed E-state index contributed by atoms with van der Waals surface area (Å²) in [5.74, 6) is -0.293. The summed E-state index contributed by atoms with van der Waals surface area (Å²) >= 11 is 0. The van der Waals surface area contributed by atoms with Crippen molar-refractivity contribution in [1.29, 1.82) is 0 Å². The predicted octanol–water partition coefficient (Wildman–Crippen LogP) is 2.82. The third-order valence-corrected chi connectivity index (χ3v) is 4.60. The van der Waals surface area contributed by atoms with Crippen molar-refractivity contribution in [2.75, 3.05) is 23.8 Å². The van der Waals surface area contributed by atoms with E-state index in [1.807, 2.05) is 0 Å². The van der Waals surface area contributed by atoms with Gasteiger partial charge in [-0.1, -0.05) is 18.2 Å².